The molecule has 2 rings (SSSR count). The molecule has 1 aromatic carbocycles. The van der Waals surface area contributed by atoms with Crippen molar-refractivity contribution in [3.63, 3.8) is 0 Å². The molecule has 164 valence electrons. The molecule has 1 N–H and O–H groups in total. The van der Waals surface area contributed by atoms with Gasteiger partial charge in [-0.1, -0.05) is 27.7 Å². The van der Waals surface area contributed by atoms with E-state index in [0.717, 1.165) is 0 Å². The first-order valence-corrected chi connectivity index (χ1v) is 10.9. The SMILES string of the molecule is COc1ccc(C(=O)N(Cc2nc(C(=O)NCC(C)C)cs2)CC(C)C)c(OC)c1. The van der Waals surface area contributed by atoms with E-state index in [-0.39, 0.29) is 17.7 Å². The van der Waals surface area contributed by atoms with Crippen LogP contribution in [-0.4, -0.2) is 49.0 Å². The van der Waals surface area contributed by atoms with Crippen molar-refractivity contribution >= 4 is 23.2 Å². The van der Waals surface area contributed by atoms with Crippen LogP contribution in [0.15, 0.2) is 23.6 Å². The number of carbonyl (C=O) groups is 2. The van der Waals surface area contributed by atoms with E-state index >= 15 is 0 Å². The van der Waals surface area contributed by atoms with Crippen LogP contribution in [-0.2, 0) is 6.54 Å². The fourth-order valence-electron chi connectivity index (χ4n) is 2.84. The van der Waals surface area contributed by atoms with Gasteiger partial charge in [-0.3, -0.25) is 9.59 Å². The number of benzene rings is 1. The molecule has 2 aromatic rings. The van der Waals surface area contributed by atoms with Crippen LogP contribution in [0.3, 0.4) is 0 Å². The zero-order valence-corrected chi connectivity index (χ0v) is 19.3. The Hall–Kier alpha value is -2.61. The summed E-state index contributed by atoms with van der Waals surface area (Å²) in [6.45, 7) is 9.67. The molecule has 0 saturated carbocycles. The number of thiazole rings is 1. The van der Waals surface area contributed by atoms with E-state index in [1.54, 1.807) is 35.6 Å². The highest BCUT2D eigenvalue weighted by Gasteiger charge is 2.23. The molecule has 1 aromatic heterocycles. The summed E-state index contributed by atoms with van der Waals surface area (Å²) in [5.41, 5.74) is 0.847. The Labute approximate surface area is 182 Å². The minimum absolute atomic E-state index is 0.149. The van der Waals surface area contributed by atoms with Gasteiger partial charge in [0.2, 0.25) is 0 Å². The summed E-state index contributed by atoms with van der Waals surface area (Å²) in [5, 5.41) is 5.32. The molecule has 0 spiro atoms. The first kappa shape index (κ1) is 23.7. The average Bonchev–Trinajstić information content (AvgIpc) is 3.18. The Morgan fingerprint density at radius 3 is 2.47 bits per heavy atom. The predicted molar refractivity (Wildman–Crippen MR) is 118 cm³/mol. The third kappa shape index (κ3) is 6.45. The lowest BCUT2D eigenvalue weighted by Gasteiger charge is -2.24. The van der Waals surface area contributed by atoms with Crippen LogP contribution in [0.25, 0.3) is 0 Å². The lowest BCUT2D eigenvalue weighted by atomic mass is 10.1. The predicted octanol–water partition coefficient (Wildman–Crippen LogP) is 3.84. The van der Waals surface area contributed by atoms with E-state index in [1.807, 2.05) is 13.8 Å². The molecule has 2 amide bonds. The summed E-state index contributed by atoms with van der Waals surface area (Å²) in [7, 11) is 3.10. The number of amides is 2. The molecule has 1 heterocycles. The fourth-order valence-corrected chi connectivity index (χ4v) is 3.63. The number of rotatable bonds is 10. The van der Waals surface area contributed by atoms with Crippen LogP contribution in [0.1, 0.15) is 53.5 Å². The van der Waals surface area contributed by atoms with Gasteiger partial charge in [-0.2, -0.15) is 0 Å². The Bertz CT molecular complexity index is 864. The van der Waals surface area contributed by atoms with Gasteiger partial charge in [-0.25, -0.2) is 4.98 Å². The lowest BCUT2D eigenvalue weighted by Crippen LogP contribution is -2.34. The first-order valence-electron chi connectivity index (χ1n) is 9.99. The molecule has 0 fully saturated rings. The van der Waals surface area contributed by atoms with Gasteiger partial charge in [0.25, 0.3) is 11.8 Å². The molecule has 0 aliphatic carbocycles. The molecule has 0 aliphatic rings. The van der Waals surface area contributed by atoms with Gasteiger partial charge in [0, 0.05) is 24.5 Å². The number of carbonyl (C=O) groups excluding carboxylic acids is 2. The Kier molecular flexibility index (Phi) is 8.65. The van der Waals surface area contributed by atoms with Crippen LogP contribution < -0.4 is 14.8 Å². The highest BCUT2D eigenvalue weighted by Crippen LogP contribution is 2.27. The van der Waals surface area contributed by atoms with Crippen molar-refractivity contribution in [2.24, 2.45) is 11.8 Å². The minimum Gasteiger partial charge on any atom is -0.497 e. The lowest BCUT2D eigenvalue weighted by molar-refractivity contribution is 0.0719. The molecule has 0 atom stereocenters. The van der Waals surface area contributed by atoms with Gasteiger partial charge in [0.05, 0.1) is 26.3 Å². The second-order valence-electron chi connectivity index (χ2n) is 7.88. The topological polar surface area (TPSA) is 80.8 Å². The van der Waals surface area contributed by atoms with Crippen molar-refractivity contribution in [1.82, 2.24) is 15.2 Å². The maximum Gasteiger partial charge on any atom is 0.270 e. The number of methoxy groups -OCH3 is 2. The van der Waals surface area contributed by atoms with Gasteiger partial charge >= 0.3 is 0 Å². The number of aromatic nitrogens is 1. The summed E-state index contributed by atoms with van der Waals surface area (Å²) in [6.07, 6.45) is 0. The maximum absolute atomic E-state index is 13.3. The molecule has 0 unspecified atom stereocenters. The highest BCUT2D eigenvalue weighted by atomic mass is 32.1. The number of hydrogen-bond acceptors (Lipinski definition) is 6. The summed E-state index contributed by atoms with van der Waals surface area (Å²) < 4.78 is 10.6. The van der Waals surface area contributed by atoms with E-state index in [1.165, 1.54) is 18.4 Å². The zero-order valence-electron chi connectivity index (χ0n) is 18.5. The van der Waals surface area contributed by atoms with Crippen molar-refractivity contribution < 1.29 is 19.1 Å². The second kappa shape index (κ2) is 11.0. The standard InChI is InChI=1S/C22H31N3O4S/c1-14(2)10-23-21(26)18-13-30-20(24-18)12-25(11-15(3)4)22(27)17-8-7-16(28-5)9-19(17)29-6/h7-9,13-15H,10-12H2,1-6H3,(H,23,26). The summed E-state index contributed by atoms with van der Waals surface area (Å²) >= 11 is 1.38. The smallest absolute Gasteiger partial charge is 0.270 e. The zero-order chi connectivity index (χ0) is 22.3. The van der Waals surface area contributed by atoms with Gasteiger partial charge in [0.1, 0.15) is 22.2 Å². The number of hydrogen-bond donors (Lipinski definition) is 1. The van der Waals surface area contributed by atoms with Gasteiger partial charge in [0.15, 0.2) is 0 Å². The van der Waals surface area contributed by atoms with Gasteiger partial charge < -0.3 is 19.7 Å². The molecule has 7 nitrogen and oxygen atoms in total. The van der Waals surface area contributed by atoms with E-state index in [2.05, 4.69) is 24.1 Å². The third-order valence-electron chi connectivity index (χ3n) is 4.29. The normalized spacial score (nSPS) is 10.9. The monoisotopic (exact) mass is 433 g/mol. The number of ether oxygens (including phenoxy) is 2. The van der Waals surface area contributed by atoms with Crippen LogP contribution in [0.2, 0.25) is 0 Å². The van der Waals surface area contributed by atoms with Gasteiger partial charge in [-0.05, 0) is 24.0 Å². The summed E-state index contributed by atoms with van der Waals surface area (Å²) in [4.78, 5) is 31.7. The van der Waals surface area contributed by atoms with Crippen LogP contribution in [0.4, 0.5) is 0 Å². The van der Waals surface area contributed by atoms with Crippen molar-refractivity contribution in [3.8, 4) is 11.5 Å². The van der Waals surface area contributed by atoms with Crippen LogP contribution in [0, 0.1) is 11.8 Å². The molecule has 0 radical (unpaired) electrons. The van der Waals surface area contributed by atoms with Crippen molar-refractivity contribution in [1.29, 1.82) is 0 Å². The van der Waals surface area contributed by atoms with Crippen LogP contribution in [0.5, 0.6) is 11.5 Å². The van der Waals surface area contributed by atoms with Gasteiger partial charge in [-0.15, -0.1) is 11.3 Å². The molecule has 30 heavy (non-hydrogen) atoms. The second-order valence-corrected chi connectivity index (χ2v) is 8.82. The fraction of sp³-hybridized carbons (Fsp3) is 0.500. The van der Waals surface area contributed by atoms with E-state index in [9.17, 15) is 9.59 Å². The minimum atomic E-state index is -0.190. The molecule has 0 saturated heterocycles. The highest BCUT2D eigenvalue weighted by molar-refractivity contribution is 7.09. The molecular formula is C22H31N3O4S. The third-order valence-corrected chi connectivity index (χ3v) is 5.13. The molecule has 8 heteroatoms. The quantitative estimate of drug-likeness (QED) is 0.616. The maximum atomic E-state index is 13.3. The number of nitrogens with zero attached hydrogens (tertiary/aromatic N) is 2. The Balaban J connectivity index is 2.21. The van der Waals surface area contributed by atoms with Crippen molar-refractivity contribution in [3.05, 3.63) is 39.8 Å². The van der Waals surface area contributed by atoms with E-state index < -0.39 is 0 Å². The van der Waals surface area contributed by atoms with E-state index in [4.69, 9.17) is 9.47 Å². The Morgan fingerprint density at radius 1 is 1.13 bits per heavy atom. The number of nitrogens with one attached hydrogen (secondary N) is 1. The summed E-state index contributed by atoms with van der Waals surface area (Å²) in [6, 6.07) is 5.14. The average molecular weight is 434 g/mol. The molecular weight excluding hydrogens is 402 g/mol. The van der Waals surface area contributed by atoms with Crippen molar-refractivity contribution in [2.75, 3.05) is 27.3 Å². The molecule has 0 bridgehead atoms. The largest absolute Gasteiger partial charge is 0.497 e. The first-order chi connectivity index (χ1) is 14.2. The Morgan fingerprint density at radius 2 is 1.87 bits per heavy atom. The summed E-state index contributed by atoms with van der Waals surface area (Å²) in [5.74, 6) is 1.38. The van der Waals surface area contributed by atoms with E-state index in [0.29, 0.717) is 53.3 Å². The van der Waals surface area contributed by atoms with Crippen molar-refractivity contribution in [2.45, 2.75) is 34.2 Å². The van der Waals surface area contributed by atoms with Crippen LogP contribution >= 0.6 is 11.3 Å². The molecule has 0 aliphatic heterocycles.